The average molecular weight is 180 g/mol. The fourth-order valence-electron chi connectivity index (χ4n) is 1.84. The van der Waals surface area contributed by atoms with Gasteiger partial charge in [-0.2, -0.15) is 0 Å². The van der Waals surface area contributed by atoms with Crippen molar-refractivity contribution in [3.8, 4) is 0 Å². The van der Waals surface area contributed by atoms with E-state index in [4.69, 9.17) is 4.74 Å². The lowest BCUT2D eigenvalue weighted by Crippen LogP contribution is -2.00. The highest BCUT2D eigenvalue weighted by Crippen LogP contribution is 2.30. The molecule has 0 unspecified atom stereocenters. The molecular formula is C11H13FO. The van der Waals surface area contributed by atoms with Gasteiger partial charge in [0.05, 0.1) is 12.7 Å². The molecule has 0 amide bonds. The molecule has 1 saturated heterocycles. The molecular weight excluding hydrogens is 167 g/mol. The second-order valence-electron chi connectivity index (χ2n) is 3.60. The van der Waals surface area contributed by atoms with Crippen LogP contribution < -0.4 is 0 Å². The van der Waals surface area contributed by atoms with Crippen LogP contribution in [0, 0.1) is 5.82 Å². The van der Waals surface area contributed by atoms with Gasteiger partial charge in [0.1, 0.15) is 5.82 Å². The van der Waals surface area contributed by atoms with E-state index < -0.39 is 0 Å². The maximum absolute atomic E-state index is 13.3. The van der Waals surface area contributed by atoms with Gasteiger partial charge in [-0.1, -0.05) is 18.2 Å². The van der Waals surface area contributed by atoms with E-state index in [9.17, 15) is 4.39 Å². The van der Waals surface area contributed by atoms with Crippen molar-refractivity contribution in [1.29, 1.82) is 0 Å². The Morgan fingerprint density at radius 2 is 2.15 bits per heavy atom. The second-order valence-corrected chi connectivity index (χ2v) is 3.60. The third-order valence-electron chi connectivity index (χ3n) is 2.54. The van der Waals surface area contributed by atoms with Crippen LogP contribution in [0.4, 0.5) is 4.39 Å². The topological polar surface area (TPSA) is 9.23 Å². The van der Waals surface area contributed by atoms with Crippen LogP contribution in [-0.2, 0) is 4.74 Å². The Morgan fingerprint density at radius 3 is 2.77 bits per heavy atom. The first kappa shape index (κ1) is 8.70. The summed E-state index contributed by atoms with van der Waals surface area (Å²) in [6.45, 7) is 2.68. The molecule has 0 N–H and O–H groups in total. The van der Waals surface area contributed by atoms with Crippen molar-refractivity contribution < 1.29 is 9.13 Å². The Hall–Kier alpha value is -0.890. The van der Waals surface area contributed by atoms with E-state index in [0.29, 0.717) is 6.61 Å². The van der Waals surface area contributed by atoms with Gasteiger partial charge in [0, 0.05) is 5.92 Å². The molecule has 0 aliphatic carbocycles. The predicted octanol–water partition coefficient (Wildman–Crippen LogP) is 2.72. The highest BCUT2D eigenvalue weighted by Gasteiger charge is 2.25. The van der Waals surface area contributed by atoms with Crippen molar-refractivity contribution in [1.82, 2.24) is 0 Å². The first-order chi connectivity index (χ1) is 6.27. The molecule has 1 fully saturated rings. The van der Waals surface area contributed by atoms with E-state index in [1.54, 1.807) is 6.07 Å². The van der Waals surface area contributed by atoms with Gasteiger partial charge in [-0.25, -0.2) is 4.39 Å². The van der Waals surface area contributed by atoms with Crippen LogP contribution in [0.15, 0.2) is 24.3 Å². The summed E-state index contributed by atoms with van der Waals surface area (Å²) < 4.78 is 18.7. The number of hydrogen-bond donors (Lipinski definition) is 0. The molecule has 2 rings (SSSR count). The number of halogens is 1. The quantitative estimate of drug-likeness (QED) is 0.645. The second kappa shape index (κ2) is 3.46. The predicted molar refractivity (Wildman–Crippen MR) is 49.2 cm³/mol. The molecule has 13 heavy (non-hydrogen) atoms. The Balaban J connectivity index is 2.21. The Morgan fingerprint density at radius 1 is 1.38 bits per heavy atom. The van der Waals surface area contributed by atoms with Gasteiger partial charge in [0.15, 0.2) is 0 Å². The maximum Gasteiger partial charge on any atom is 0.126 e. The molecule has 70 valence electrons. The summed E-state index contributed by atoms with van der Waals surface area (Å²) in [6, 6.07) is 6.96. The lowest BCUT2D eigenvalue weighted by atomic mass is 9.96. The first-order valence-corrected chi connectivity index (χ1v) is 4.63. The summed E-state index contributed by atoms with van der Waals surface area (Å²) in [5.41, 5.74) is 0.798. The fraction of sp³-hybridized carbons (Fsp3) is 0.455. The van der Waals surface area contributed by atoms with E-state index in [1.807, 2.05) is 19.1 Å². The van der Waals surface area contributed by atoms with E-state index in [1.165, 1.54) is 6.07 Å². The molecule has 1 aliphatic heterocycles. The molecule has 1 heterocycles. The molecule has 0 bridgehead atoms. The van der Waals surface area contributed by atoms with Crippen molar-refractivity contribution in [2.75, 3.05) is 6.61 Å². The SMILES string of the molecule is C[C@@H]1C[C@H](c2ccccc2F)CO1. The minimum absolute atomic E-state index is 0.106. The van der Waals surface area contributed by atoms with Gasteiger partial charge in [0.2, 0.25) is 0 Å². The molecule has 0 radical (unpaired) electrons. The Bertz CT molecular complexity index is 298. The van der Waals surface area contributed by atoms with Gasteiger partial charge in [0.25, 0.3) is 0 Å². The summed E-state index contributed by atoms with van der Waals surface area (Å²) >= 11 is 0. The van der Waals surface area contributed by atoms with Crippen molar-refractivity contribution in [2.24, 2.45) is 0 Å². The summed E-state index contributed by atoms with van der Waals surface area (Å²) in [5, 5.41) is 0. The largest absolute Gasteiger partial charge is 0.378 e. The normalized spacial score (nSPS) is 27.8. The van der Waals surface area contributed by atoms with Crippen molar-refractivity contribution in [3.63, 3.8) is 0 Å². The monoisotopic (exact) mass is 180 g/mol. The zero-order valence-corrected chi connectivity index (χ0v) is 7.66. The highest BCUT2D eigenvalue weighted by molar-refractivity contribution is 5.22. The van der Waals surface area contributed by atoms with E-state index in [2.05, 4.69) is 0 Å². The standard InChI is InChI=1S/C11H13FO/c1-8-6-9(7-13-8)10-4-2-3-5-11(10)12/h2-5,8-9H,6-7H2,1H3/t8-,9+/m1/s1. The molecule has 2 heteroatoms. The van der Waals surface area contributed by atoms with Crippen LogP contribution in [0.2, 0.25) is 0 Å². The van der Waals surface area contributed by atoms with Crippen molar-refractivity contribution in [2.45, 2.75) is 25.4 Å². The number of ether oxygens (including phenoxy) is 1. The van der Waals surface area contributed by atoms with Crippen LogP contribution in [0.25, 0.3) is 0 Å². The minimum atomic E-state index is -0.106. The van der Waals surface area contributed by atoms with Crippen LogP contribution in [-0.4, -0.2) is 12.7 Å². The molecule has 0 aromatic heterocycles. The third kappa shape index (κ3) is 1.73. The summed E-state index contributed by atoms with van der Waals surface area (Å²) in [6.07, 6.45) is 1.20. The van der Waals surface area contributed by atoms with Crippen molar-refractivity contribution >= 4 is 0 Å². The first-order valence-electron chi connectivity index (χ1n) is 4.63. The van der Waals surface area contributed by atoms with Gasteiger partial charge in [-0.05, 0) is 25.0 Å². The maximum atomic E-state index is 13.3. The minimum Gasteiger partial charge on any atom is -0.378 e. The van der Waals surface area contributed by atoms with E-state index >= 15 is 0 Å². The van der Waals surface area contributed by atoms with Gasteiger partial charge in [-0.3, -0.25) is 0 Å². The Labute approximate surface area is 77.5 Å². The van der Waals surface area contributed by atoms with Crippen LogP contribution >= 0.6 is 0 Å². The fourth-order valence-corrected chi connectivity index (χ4v) is 1.84. The molecule has 1 nitrogen and oxygen atoms in total. The summed E-state index contributed by atoms with van der Waals surface area (Å²) in [5.74, 6) is 0.140. The zero-order valence-electron chi connectivity index (χ0n) is 7.66. The van der Waals surface area contributed by atoms with Gasteiger partial charge < -0.3 is 4.74 Å². The lowest BCUT2D eigenvalue weighted by molar-refractivity contribution is 0.123. The third-order valence-corrected chi connectivity index (χ3v) is 2.54. The van der Waals surface area contributed by atoms with Crippen LogP contribution in [0.5, 0.6) is 0 Å². The van der Waals surface area contributed by atoms with E-state index in [0.717, 1.165) is 12.0 Å². The molecule has 2 atom stereocenters. The van der Waals surface area contributed by atoms with Crippen molar-refractivity contribution in [3.05, 3.63) is 35.6 Å². The lowest BCUT2D eigenvalue weighted by Gasteiger charge is -2.08. The Kier molecular flexibility index (Phi) is 2.32. The molecule has 0 saturated carbocycles. The highest BCUT2D eigenvalue weighted by atomic mass is 19.1. The average Bonchev–Trinajstić information content (AvgIpc) is 2.53. The number of benzene rings is 1. The van der Waals surface area contributed by atoms with Gasteiger partial charge >= 0.3 is 0 Å². The molecule has 0 spiro atoms. The van der Waals surface area contributed by atoms with Crippen LogP contribution in [0.3, 0.4) is 0 Å². The molecule has 1 aromatic carbocycles. The summed E-state index contributed by atoms with van der Waals surface area (Å²) in [4.78, 5) is 0. The van der Waals surface area contributed by atoms with E-state index in [-0.39, 0.29) is 17.8 Å². The molecule has 1 aliphatic rings. The number of hydrogen-bond acceptors (Lipinski definition) is 1. The summed E-state index contributed by atoms with van der Waals surface area (Å²) in [7, 11) is 0. The van der Waals surface area contributed by atoms with Crippen LogP contribution in [0.1, 0.15) is 24.8 Å². The molecule has 1 aromatic rings. The zero-order chi connectivity index (χ0) is 9.26. The van der Waals surface area contributed by atoms with Gasteiger partial charge in [-0.15, -0.1) is 0 Å². The smallest absolute Gasteiger partial charge is 0.126 e. The number of rotatable bonds is 1.